The minimum Gasteiger partial charge on any atom is -0.439 e. The van der Waals surface area contributed by atoms with E-state index >= 15 is 0 Å². The number of amides is 2. The van der Waals surface area contributed by atoms with Gasteiger partial charge in [-0.2, -0.15) is 5.06 Å². The molecule has 0 bridgehead atoms. The Kier molecular flexibility index (Phi) is 2.99. The van der Waals surface area contributed by atoms with Crippen LogP contribution in [0.15, 0.2) is 0 Å². The van der Waals surface area contributed by atoms with Gasteiger partial charge < -0.3 is 9.64 Å². The Morgan fingerprint density at radius 3 is 2.76 bits per heavy atom. The van der Waals surface area contributed by atoms with Gasteiger partial charge in [0.15, 0.2) is 0 Å². The third kappa shape index (κ3) is 2.22. The number of carbonyl (C=O) groups excluding carboxylic acids is 2. The smallest absolute Gasteiger partial charge is 0.347 e. The molecule has 0 spiro atoms. The first kappa shape index (κ1) is 12.2. The molecule has 0 aromatic rings. The molecule has 17 heavy (non-hydrogen) atoms. The summed E-state index contributed by atoms with van der Waals surface area (Å²) in [6, 6.07) is -0.502. The van der Waals surface area contributed by atoms with Gasteiger partial charge in [-0.15, -0.1) is 0 Å². The highest BCUT2D eigenvalue weighted by molar-refractivity contribution is 5.80. The average molecular weight is 242 g/mol. The summed E-state index contributed by atoms with van der Waals surface area (Å²) in [5.74, 6) is -0.320. The Hall–Kier alpha value is -1.30. The average Bonchev–Trinajstić information content (AvgIpc) is 3.05. The van der Waals surface area contributed by atoms with Gasteiger partial charge in [0, 0.05) is 19.5 Å². The molecule has 6 heteroatoms. The molecule has 0 aromatic carbocycles. The van der Waals surface area contributed by atoms with Gasteiger partial charge in [-0.1, -0.05) is 0 Å². The van der Waals surface area contributed by atoms with Gasteiger partial charge in [-0.25, -0.2) is 4.79 Å². The Morgan fingerprint density at radius 2 is 2.24 bits per heavy atom. The van der Waals surface area contributed by atoms with Gasteiger partial charge in [0.05, 0.1) is 5.41 Å². The van der Waals surface area contributed by atoms with Crippen molar-refractivity contribution in [2.24, 2.45) is 5.41 Å². The molecule has 96 valence electrons. The lowest BCUT2D eigenvalue weighted by molar-refractivity contribution is -0.208. The lowest BCUT2D eigenvalue weighted by Crippen LogP contribution is -2.54. The molecule has 6 nitrogen and oxygen atoms in total. The summed E-state index contributed by atoms with van der Waals surface area (Å²) in [5, 5.41) is 10.2. The molecule has 1 heterocycles. The van der Waals surface area contributed by atoms with E-state index in [1.54, 1.807) is 0 Å². The number of nitrogens with zero attached hydrogens (tertiary/aromatic N) is 2. The largest absolute Gasteiger partial charge is 0.439 e. The molecule has 1 atom stereocenters. The van der Waals surface area contributed by atoms with E-state index in [2.05, 4.69) is 0 Å². The van der Waals surface area contributed by atoms with Crippen LogP contribution in [0.3, 0.4) is 0 Å². The van der Waals surface area contributed by atoms with Crippen molar-refractivity contribution in [2.75, 3.05) is 13.1 Å². The molecule has 2 rings (SSSR count). The van der Waals surface area contributed by atoms with Crippen LogP contribution in [-0.4, -0.2) is 46.5 Å². The predicted molar refractivity (Wildman–Crippen MR) is 58.1 cm³/mol. The number of hydrogen-bond acceptors (Lipinski definition) is 4. The van der Waals surface area contributed by atoms with Gasteiger partial charge in [0.1, 0.15) is 0 Å². The van der Waals surface area contributed by atoms with E-state index in [4.69, 9.17) is 4.74 Å². The zero-order chi connectivity index (χ0) is 12.6. The highest BCUT2D eigenvalue weighted by Gasteiger charge is 2.48. The maximum Gasteiger partial charge on any atom is 0.347 e. The second-order valence-electron chi connectivity index (χ2n) is 4.92. The normalized spacial score (nSPS) is 27.0. The van der Waals surface area contributed by atoms with Crippen molar-refractivity contribution in [1.29, 1.82) is 0 Å². The second-order valence-corrected chi connectivity index (χ2v) is 4.92. The molecular formula is C11H18N2O4. The fourth-order valence-corrected chi connectivity index (χ4v) is 1.81. The van der Waals surface area contributed by atoms with Crippen molar-refractivity contribution in [3.63, 3.8) is 0 Å². The van der Waals surface area contributed by atoms with E-state index in [1.807, 2.05) is 13.8 Å². The van der Waals surface area contributed by atoms with Gasteiger partial charge in [-0.3, -0.25) is 10.0 Å². The molecule has 2 fully saturated rings. The predicted octanol–water partition coefficient (Wildman–Crippen LogP) is 1.19. The highest BCUT2D eigenvalue weighted by Crippen LogP contribution is 2.46. The van der Waals surface area contributed by atoms with Crippen LogP contribution in [0.4, 0.5) is 4.79 Å². The molecule has 2 aliphatic rings. The number of hydrogen-bond donors (Lipinski definition) is 1. The maximum absolute atomic E-state index is 11.7. The zero-order valence-electron chi connectivity index (χ0n) is 10.2. The van der Waals surface area contributed by atoms with Crippen LogP contribution >= 0.6 is 0 Å². The minimum atomic E-state index is -0.838. The first-order valence-corrected chi connectivity index (χ1v) is 5.96. The van der Waals surface area contributed by atoms with Gasteiger partial charge >= 0.3 is 12.0 Å². The number of rotatable bonds is 3. The van der Waals surface area contributed by atoms with Crippen LogP contribution in [0.25, 0.3) is 0 Å². The first-order valence-electron chi connectivity index (χ1n) is 5.96. The quantitative estimate of drug-likeness (QED) is 0.596. The van der Waals surface area contributed by atoms with Gasteiger partial charge in [0.2, 0.25) is 6.23 Å². The number of carbonyl (C=O) groups is 2. The van der Waals surface area contributed by atoms with Crippen LogP contribution in [0.1, 0.15) is 33.1 Å². The molecule has 1 saturated heterocycles. The summed E-state index contributed by atoms with van der Waals surface area (Å²) in [4.78, 5) is 24.8. The van der Waals surface area contributed by atoms with Crippen LogP contribution in [-0.2, 0) is 9.53 Å². The maximum atomic E-state index is 11.7. The van der Waals surface area contributed by atoms with Crippen LogP contribution < -0.4 is 0 Å². The number of ether oxygens (including phenoxy) is 1. The molecule has 1 unspecified atom stereocenters. The zero-order valence-corrected chi connectivity index (χ0v) is 10.2. The Labute approximate surface area is 100 Å². The second kappa shape index (κ2) is 4.18. The fourth-order valence-electron chi connectivity index (χ4n) is 1.81. The van der Waals surface area contributed by atoms with Crippen molar-refractivity contribution >= 4 is 12.0 Å². The van der Waals surface area contributed by atoms with Crippen molar-refractivity contribution in [3.05, 3.63) is 0 Å². The number of urea groups is 1. The molecule has 0 radical (unpaired) electrons. The standard InChI is InChI=1S/C11H18N2O4/c1-3-12-7-4-8(13(16)10(12)15)17-9(14)11(2)5-6-11/h8,16H,3-7H2,1-2H3. The number of esters is 1. The summed E-state index contributed by atoms with van der Waals surface area (Å²) in [5.41, 5.74) is -0.397. The molecule has 1 aliphatic heterocycles. The van der Waals surface area contributed by atoms with E-state index in [9.17, 15) is 14.8 Å². The summed E-state index contributed by atoms with van der Waals surface area (Å²) in [7, 11) is 0. The lowest BCUT2D eigenvalue weighted by atomic mass is 10.1. The summed E-state index contributed by atoms with van der Waals surface area (Å²) in [6.45, 7) is 4.71. The van der Waals surface area contributed by atoms with E-state index in [-0.39, 0.29) is 5.97 Å². The number of hydroxylamine groups is 2. The van der Waals surface area contributed by atoms with Crippen LogP contribution in [0.5, 0.6) is 0 Å². The van der Waals surface area contributed by atoms with Gasteiger partial charge in [-0.05, 0) is 26.7 Å². The topological polar surface area (TPSA) is 70.1 Å². The monoisotopic (exact) mass is 242 g/mol. The van der Waals surface area contributed by atoms with Crippen molar-refractivity contribution in [3.8, 4) is 0 Å². The molecular weight excluding hydrogens is 224 g/mol. The highest BCUT2D eigenvalue weighted by atomic mass is 16.6. The molecule has 2 amide bonds. The Balaban J connectivity index is 1.94. The Bertz CT molecular complexity index is 340. The molecule has 1 saturated carbocycles. The lowest BCUT2D eigenvalue weighted by Gasteiger charge is -2.36. The summed E-state index contributed by atoms with van der Waals surface area (Å²) >= 11 is 0. The van der Waals surface area contributed by atoms with Crippen molar-refractivity contribution in [1.82, 2.24) is 9.96 Å². The third-order valence-corrected chi connectivity index (χ3v) is 3.50. The summed E-state index contributed by atoms with van der Waals surface area (Å²) in [6.07, 6.45) is 1.24. The molecule has 1 aliphatic carbocycles. The van der Waals surface area contributed by atoms with E-state index in [1.165, 1.54) is 4.90 Å². The van der Waals surface area contributed by atoms with Crippen molar-refractivity contribution in [2.45, 2.75) is 39.3 Å². The Morgan fingerprint density at radius 1 is 1.59 bits per heavy atom. The third-order valence-electron chi connectivity index (χ3n) is 3.50. The van der Waals surface area contributed by atoms with Crippen LogP contribution in [0.2, 0.25) is 0 Å². The van der Waals surface area contributed by atoms with E-state index in [0.717, 1.165) is 12.8 Å². The SMILES string of the molecule is CCN1CCC(OC(=O)C2(C)CC2)N(O)C1=O. The van der Waals surface area contributed by atoms with Crippen molar-refractivity contribution < 1.29 is 19.5 Å². The minimum absolute atomic E-state index is 0.320. The van der Waals surface area contributed by atoms with E-state index < -0.39 is 17.7 Å². The van der Waals surface area contributed by atoms with E-state index in [0.29, 0.717) is 24.6 Å². The summed E-state index contributed by atoms with van der Waals surface area (Å²) < 4.78 is 5.18. The van der Waals surface area contributed by atoms with Crippen LogP contribution in [0, 0.1) is 5.41 Å². The first-order chi connectivity index (χ1) is 7.98. The molecule has 0 aromatic heterocycles. The fraction of sp³-hybridized carbons (Fsp3) is 0.818. The van der Waals surface area contributed by atoms with Gasteiger partial charge in [0.25, 0.3) is 0 Å². The molecule has 1 N–H and O–H groups in total.